The Kier molecular flexibility index (Phi) is 3.30. The van der Waals surface area contributed by atoms with Crippen LogP contribution < -0.4 is 10.6 Å². The van der Waals surface area contributed by atoms with Crippen LogP contribution in [0.2, 0.25) is 0 Å². The lowest BCUT2D eigenvalue weighted by atomic mass is 10.0. The van der Waals surface area contributed by atoms with Gasteiger partial charge in [0.25, 0.3) is 0 Å². The van der Waals surface area contributed by atoms with Gasteiger partial charge < -0.3 is 30.9 Å². The van der Waals surface area contributed by atoms with Gasteiger partial charge in [-0.15, -0.1) is 0 Å². The van der Waals surface area contributed by atoms with Gasteiger partial charge in [-0.3, -0.25) is 0 Å². The highest BCUT2D eigenvalue weighted by Gasteiger charge is 2.42. The summed E-state index contributed by atoms with van der Waals surface area (Å²) in [5, 5.41) is 35.2. The molecule has 1 saturated heterocycles. The molecule has 0 aromatic carbocycles. The summed E-state index contributed by atoms with van der Waals surface area (Å²) in [7, 11) is 1.76. The van der Waals surface area contributed by atoms with E-state index in [0.717, 1.165) is 11.1 Å². The van der Waals surface area contributed by atoms with Gasteiger partial charge in [0.2, 0.25) is 0 Å². The molecule has 6 N–H and O–H groups in total. The van der Waals surface area contributed by atoms with E-state index in [1.54, 1.807) is 13.2 Å². The number of hydrogen-bond donors (Lipinski definition) is 6. The van der Waals surface area contributed by atoms with Gasteiger partial charge in [0.1, 0.15) is 17.9 Å². The maximum Gasteiger partial charge on any atom is 0.153 e. The molecule has 20 heavy (non-hydrogen) atoms. The second-order valence-corrected chi connectivity index (χ2v) is 4.85. The fraction of sp³-hybridized carbons (Fsp3) is 0.500. The summed E-state index contributed by atoms with van der Waals surface area (Å²) in [6, 6.07) is -1.04. The first-order valence-electron chi connectivity index (χ1n) is 6.40. The van der Waals surface area contributed by atoms with Crippen LogP contribution in [0.4, 0.5) is 5.82 Å². The van der Waals surface area contributed by atoms with Gasteiger partial charge in [-0.2, -0.15) is 0 Å². The Morgan fingerprint density at radius 3 is 2.75 bits per heavy atom. The highest BCUT2D eigenvalue weighted by Crippen LogP contribution is 2.32. The first-order valence-corrected chi connectivity index (χ1v) is 6.40. The number of rotatable bonds is 3. The van der Waals surface area contributed by atoms with Crippen LogP contribution in [0.15, 0.2) is 12.5 Å². The van der Waals surface area contributed by atoms with Crippen LogP contribution in [0, 0.1) is 0 Å². The van der Waals surface area contributed by atoms with Crippen LogP contribution in [0.5, 0.6) is 0 Å². The summed E-state index contributed by atoms with van der Waals surface area (Å²) >= 11 is 0. The van der Waals surface area contributed by atoms with Crippen molar-refractivity contribution in [2.45, 2.75) is 24.3 Å². The van der Waals surface area contributed by atoms with E-state index < -0.39 is 24.3 Å². The lowest BCUT2D eigenvalue weighted by molar-refractivity contribution is 0.0196. The minimum absolute atomic E-state index is 0.242. The molecule has 4 atom stereocenters. The highest BCUT2D eigenvalue weighted by molar-refractivity contribution is 5.88. The van der Waals surface area contributed by atoms with Crippen LogP contribution in [-0.4, -0.2) is 62.2 Å². The number of aromatic nitrogens is 3. The standard InChI is InChI=1S/C12H17N5O3/c1-13-12-9-7(15-4-16-12)5(2-14-9)8-11(20)10(19)6(3-18)17-8/h2,4,6,8,10-11,14,17-20H,3H2,1H3,(H,13,15,16). The Labute approximate surface area is 114 Å². The fourth-order valence-corrected chi connectivity index (χ4v) is 2.68. The molecule has 1 aliphatic heterocycles. The normalized spacial score (nSPS) is 30.0. The molecule has 2 aromatic rings. The molecule has 4 unspecified atom stereocenters. The average molecular weight is 279 g/mol. The number of anilines is 1. The largest absolute Gasteiger partial charge is 0.395 e. The highest BCUT2D eigenvalue weighted by atomic mass is 16.3. The third-order valence-electron chi connectivity index (χ3n) is 3.76. The number of H-pyrrole nitrogens is 1. The van der Waals surface area contributed by atoms with Crippen molar-refractivity contribution < 1.29 is 15.3 Å². The van der Waals surface area contributed by atoms with E-state index in [4.69, 9.17) is 0 Å². The van der Waals surface area contributed by atoms with Crippen LogP contribution in [0.1, 0.15) is 11.6 Å². The SMILES string of the molecule is CNc1ncnc2c(C3NC(CO)C(O)C3O)c[nH]c12. The topological polar surface area (TPSA) is 126 Å². The first-order chi connectivity index (χ1) is 9.67. The molecule has 3 rings (SSSR count). The molecule has 0 aliphatic carbocycles. The summed E-state index contributed by atoms with van der Waals surface area (Å²) in [6.45, 7) is -0.242. The summed E-state index contributed by atoms with van der Waals surface area (Å²) in [5.74, 6) is 0.660. The molecule has 8 heteroatoms. The maximum atomic E-state index is 10.1. The number of aromatic amines is 1. The van der Waals surface area contributed by atoms with Crippen molar-refractivity contribution >= 4 is 16.9 Å². The molecule has 0 amide bonds. The Balaban J connectivity index is 2.03. The zero-order valence-corrected chi connectivity index (χ0v) is 10.9. The number of aliphatic hydroxyl groups is 3. The molecular weight excluding hydrogens is 262 g/mol. The van der Waals surface area contributed by atoms with Crippen molar-refractivity contribution in [1.82, 2.24) is 20.3 Å². The minimum Gasteiger partial charge on any atom is -0.395 e. The average Bonchev–Trinajstić information content (AvgIpc) is 3.01. The molecule has 0 bridgehead atoms. The zero-order chi connectivity index (χ0) is 14.3. The number of hydrogen-bond acceptors (Lipinski definition) is 7. The predicted octanol–water partition coefficient (Wildman–Crippen LogP) is -1.27. The molecule has 8 nitrogen and oxygen atoms in total. The van der Waals surface area contributed by atoms with E-state index >= 15 is 0 Å². The monoisotopic (exact) mass is 279 g/mol. The molecule has 1 aliphatic rings. The zero-order valence-electron chi connectivity index (χ0n) is 10.9. The Morgan fingerprint density at radius 1 is 1.30 bits per heavy atom. The number of nitrogens with one attached hydrogen (secondary N) is 3. The first kappa shape index (κ1) is 13.3. The number of nitrogens with zero attached hydrogens (tertiary/aromatic N) is 2. The van der Waals surface area contributed by atoms with Crippen molar-refractivity contribution in [1.29, 1.82) is 0 Å². The van der Waals surface area contributed by atoms with E-state index in [2.05, 4.69) is 25.6 Å². The third-order valence-corrected chi connectivity index (χ3v) is 3.76. The minimum atomic E-state index is -1.01. The van der Waals surface area contributed by atoms with Gasteiger partial charge in [-0.05, 0) is 0 Å². The van der Waals surface area contributed by atoms with Gasteiger partial charge in [0.15, 0.2) is 5.82 Å². The van der Waals surface area contributed by atoms with Crippen molar-refractivity contribution in [2.75, 3.05) is 19.0 Å². The van der Waals surface area contributed by atoms with Crippen molar-refractivity contribution in [3.05, 3.63) is 18.1 Å². The quantitative estimate of drug-likeness (QED) is 0.413. The lowest BCUT2D eigenvalue weighted by Crippen LogP contribution is -2.35. The summed E-state index contributed by atoms with van der Waals surface area (Å²) < 4.78 is 0. The molecule has 1 fully saturated rings. The van der Waals surface area contributed by atoms with Gasteiger partial charge in [-0.1, -0.05) is 0 Å². The van der Waals surface area contributed by atoms with Gasteiger partial charge in [-0.25, -0.2) is 9.97 Å². The lowest BCUT2D eigenvalue weighted by Gasteiger charge is -2.14. The van der Waals surface area contributed by atoms with E-state index in [1.165, 1.54) is 6.33 Å². The second-order valence-electron chi connectivity index (χ2n) is 4.85. The Bertz CT molecular complexity index is 616. The smallest absolute Gasteiger partial charge is 0.153 e. The summed E-state index contributed by atoms with van der Waals surface area (Å²) in [4.78, 5) is 11.4. The fourth-order valence-electron chi connectivity index (χ4n) is 2.68. The molecule has 0 radical (unpaired) electrons. The van der Waals surface area contributed by atoms with E-state index in [-0.39, 0.29) is 6.61 Å². The van der Waals surface area contributed by atoms with Crippen molar-refractivity contribution in [2.24, 2.45) is 0 Å². The van der Waals surface area contributed by atoms with Crippen LogP contribution in [-0.2, 0) is 0 Å². The van der Waals surface area contributed by atoms with Crippen molar-refractivity contribution in [3.8, 4) is 0 Å². The Hall–Kier alpha value is -1.74. The summed E-state index contributed by atoms with van der Waals surface area (Å²) in [6.07, 6.45) is 1.15. The van der Waals surface area contributed by atoms with E-state index in [9.17, 15) is 15.3 Å². The summed E-state index contributed by atoms with van der Waals surface area (Å²) in [5.41, 5.74) is 2.15. The number of aliphatic hydroxyl groups excluding tert-OH is 3. The third kappa shape index (κ3) is 1.85. The second kappa shape index (κ2) is 4.98. The number of fused-ring (bicyclic) bond motifs is 1. The molecule has 2 aromatic heterocycles. The molecule has 0 saturated carbocycles. The van der Waals surface area contributed by atoms with E-state index in [0.29, 0.717) is 11.3 Å². The molecule has 0 spiro atoms. The molecule has 3 heterocycles. The van der Waals surface area contributed by atoms with Crippen molar-refractivity contribution in [3.63, 3.8) is 0 Å². The predicted molar refractivity (Wildman–Crippen MR) is 72.2 cm³/mol. The van der Waals surface area contributed by atoms with Crippen LogP contribution >= 0.6 is 0 Å². The molecule has 108 valence electrons. The maximum absolute atomic E-state index is 10.1. The van der Waals surface area contributed by atoms with Gasteiger partial charge >= 0.3 is 0 Å². The van der Waals surface area contributed by atoms with Gasteiger partial charge in [0, 0.05) is 18.8 Å². The molecular formula is C12H17N5O3. The van der Waals surface area contributed by atoms with Gasteiger partial charge in [0.05, 0.1) is 30.3 Å². The van der Waals surface area contributed by atoms with Crippen LogP contribution in [0.25, 0.3) is 11.0 Å². The van der Waals surface area contributed by atoms with E-state index in [1.807, 2.05) is 0 Å². The van der Waals surface area contributed by atoms with Crippen LogP contribution in [0.3, 0.4) is 0 Å². The Morgan fingerprint density at radius 2 is 2.10 bits per heavy atom.